The lowest BCUT2D eigenvalue weighted by atomic mass is 10.1. The Morgan fingerprint density at radius 1 is 1.24 bits per heavy atom. The first-order chi connectivity index (χ1) is 13.6. The standard InChI is InChI=1S/C19H20FNO6S2/c1-27-18-5-3-2-4-13(18)11-21-19(22)16-10-14(6-7-17(16)20)29(25,26)15-8-9-28(23,24)12-15/h2-7,10,15H,8-9,11-12H2,1H3,(H,21,22)/t15-/m0/s1. The molecule has 0 aliphatic carbocycles. The SMILES string of the molecule is COc1ccccc1CNC(=O)c1cc(S(=O)(=O)[C@H]2CCS(=O)(=O)C2)ccc1F. The molecule has 1 aliphatic heterocycles. The van der Waals surface area contributed by atoms with Gasteiger partial charge in [-0.2, -0.15) is 0 Å². The lowest BCUT2D eigenvalue weighted by Gasteiger charge is -2.13. The van der Waals surface area contributed by atoms with Gasteiger partial charge in [0.05, 0.1) is 34.3 Å². The van der Waals surface area contributed by atoms with Gasteiger partial charge in [0, 0.05) is 12.1 Å². The van der Waals surface area contributed by atoms with E-state index in [2.05, 4.69) is 5.32 Å². The fourth-order valence-corrected chi connectivity index (χ4v) is 7.56. The van der Waals surface area contributed by atoms with E-state index in [1.165, 1.54) is 7.11 Å². The summed E-state index contributed by atoms with van der Waals surface area (Å²) in [5, 5.41) is 1.45. The molecular formula is C19H20FNO6S2. The van der Waals surface area contributed by atoms with Gasteiger partial charge >= 0.3 is 0 Å². The van der Waals surface area contributed by atoms with Crippen LogP contribution in [0.15, 0.2) is 47.4 Å². The maximum Gasteiger partial charge on any atom is 0.254 e. The van der Waals surface area contributed by atoms with E-state index in [-0.39, 0.29) is 23.6 Å². The van der Waals surface area contributed by atoms with Crippen molar-refractivity contribution in [2.24, 2.45) is 0 Å². The predicted octanol–water partition coefficient (Wildman–Crippen LogP) is 1.73. The minimum Gasteiger partial charge on any atom is -0.496 e. The molecule has 0 aromatic heterocycles. The second kappa shape index (κ2) is 8.11. The summed E-state index contributed by atoms with van der Waals surface area (Å²) in [5.41, 5.74) is 0.241. The summed E-state index contributed by atoms with van der Waals surface area (Å²) in [5.74, 6) is -1.79. The normalized spacial score (nSPS) is 18.3. The second-order valence-electron chi connectivity index (χ2n) is 6.71. The number of hydrogen-bond acceptors (Lipinski definition) is 6. The highest BCUT2D eigenvalue weighted by Crippen LogP contribution is 2.27. The fraction of sp³-hybridized carbons (Fsp3) is 0.316. The van der Waals surface area contributed by atoms with Crippen LogP contribution < -0.4 is 10.1 Å². The zero-order valence-corrected chi connectivity index (χ0v) is 17.2. The molecule has 0 spiro atoms. The van der Waals surface area contributed by atoms with E-state index in [1.807, 2.05) is 0 Å². The summed E-state index contributed by atoms with van der Waals surface area (Å²) in [4.78, 5) is 12.2. The van der Waals surface area contributed by atoms with Gasteiger partial charge in [-0.05, 0) is 30.7 Å². The molecule has 0 unspecified atom stereocenters. The van der Waals surface area contributed by atoms with Crippen molar-refractivity contribution in [3.05, 3.63) is 59.4 Å². The molecule has 0 saturated carbocycles. The minimum absolute atomic E-state index is 0.0165. The van der Waals surface area contributed by atoms with Crippen molar-refractivity contribution < 1.29 is 30.8 Å². The van der Waals surface area contributed by atoms with Gasteiger partial charge in [0.2, 0.25) is 0 Å². The number of carbonyl (C=O) groups excluding carboxylic acids is 1. The van der Waals surface area contributed by atoms with Crippen molar-refractivity contribution in [1.29, 1.82) is 0 Å². The Hall–Kier alpha value is -2.46. The summed E-state index contributed by atoms with van der Waals surface area (Å²) in [7, 11) is -5.93. The molecule has 1 N–H and O–H groups in total. The number of methoxy groups -OCH3 is 1. The Kier molecular flexibility index (Phi) is 5.95. The van der Waals surface area contributed by atoms with Crippen LogP contribution in [-0.2, 0) is 26.2 Å². The number of carbonyl (C=O) groups is 1. The molecule has 1 amide bonds. The molecule has 156 valence electrons. The highest BCUT2D eigenvalue weighted by Gasteiger charge is 2.38. The Morgan fingerprint density at radius 2 is 1.97 bits per heavy atom. The number of hydrogen-bond donors (Lipinski definition) is 1. The highest BCUT2D eigenvalue weighted by atomic mass is 32.2. The van der Waals surface area contributed by atoms with Gasteiger partial charge in [-0.3, -0.25) is 4.79 Å². The molecule has 1 fully saturated rings. The Morgan fingerprint density at radius 3 is 2.62 bits per heavy atom. The number of para-hydroxylation sites is 1. The van der Waals surface area contributed by atoms with Gasteiger partial charge in [-0.1, -0.05) is 18.2 Å². The van der Waals surface area contributed by atoms with E-state index in [4.69, 9.17) is 4.74 Å². The smallest absolute Gasteiger partial charge is 0.254 e. The van der Waals surface area contributed by atoms with Crippen molar-refractivity contribution in [3.63, 3.8) is 0 Å². The van der Waals surface area contributed by atoms with Gasteiger partial charge in [0.1, 0.15) is 11.6 Å². The number of benzene rings is 2. The van der Waals surface area contributed by atoms with Crippen molar-refractivity contribution in [2.75, 3.05) is 18.6 Å². The number of ether oxygens (including phenoxy) is 1. The van der Waals surface area contributed by atoms with Crippen molar-refractivity contribution in [3.8, 4) is 5.75 Å². The zero-order valence-electron chi connectivity index (χ0n) is 15.6. The molecule has 10 heteroatoms. The lowest BCUT2D eigenvalue weighted by Crippen LogP contribution is -2.26. The van der Waals surface area contributed by atoms with Gasteiger partial charge < -0.3 is 10.1 Å². The molecule has 2 aromatic rings. The molecular weight excluding hydrogens is 421 g/mol. The molecule has 0 radical (unpaired) electrons. The maximum atomic E-state index is 14.2. The van der Waals surface area contributed by atoms with Crippen LogP contribution in [0, 0.1) is 5.82 Å². The van der Waals surface area contributed by atoms with E-state index < -0.39 is 48.0 Å². The van der Waals surface area contributed by atoms with E-state index >= 15 is 0 Å². The van der Waals surface area contributed by atoms with Gasteiger partial charge in [0.25, 0.3) is 5.91 Å². The quantitative estimate of drug-likeness (QED) is 0.684. The van der Waals surface area contributed by atoms with Gasteiger partial charge in [0.15, 0.2) is 19.7 Å². The Bertz CT molecular complexity index is 1150. The number of sulfone groups is 2. The van der Waals surface area contributed by atoms with Crippen LogP contribution in [0.1, 0.15) is 22.3 Å². The topological polar surface area (TPSA) is 107 Å². The van der Waals surface area contributed by atoms with Crippen LogP contribution in [-0.4, -0.2) is 46.6 Å². The van der Waals surface area contributed by atoms with Gasteiger partial charge in [-0.25, -0.2) is 21.2 Å². The third-order valence-electron chi connectivity index (χ3n) is 4.77. The van der Waals surface area contributed by atoms with E-state index in [0.717, 1.165) is 18.2 Å². The minimum atomic E-state index is -4.01. The maximum absolute atomic E-state index is 14.2. The van der Waals surface area contributed by atoms with Crippen LogP contribution in [0.25, 0.3) is 0 Å². The van der Waals surface area contributed by atoms with Crippen molar-refractivity contribution in [2.45, 2.75) is 23.1 Å². The van der Waals surface area contributed by atoms with Gasteiger partial charge in [-0.15, -0.1) is 0 Å². The van der Waals surface area contributed by atoms with Crippen LogP contribution >= 0.6 is 0 Å². The molecule has 29 heavy (non-hydrogen) atoms. The molecule has 1 atom stereocenters. The second-order valence-corrected chi connectivity index (χ2v) is 11.2. The zero-order chi connectivity index (χ0) is 21.2. The monoisotopic (exact) mass is 441 g/mol. The molecule has 1 heterocycles. The highest BCUT2D eigenvalue weighted by molar-refractivity contribution is 7.96. The first-order valence-corrected chi connectivity index (χ1v) is 12.1. The fourth-order valence-electron chi connectivity index (χ4n) is 3.17. The number of nitrogens with one attached hydrogen (secondary N) is 1. The Balaban J connectivity index is 1.82. The summed E-state index contributed by atoms with van der Waals surface area (Å²) < 4.78 is 68.1. The van der Waals surface area contributed by atoms with E-state index in [0.29, 0.717) is 11.3 Å². The third-order valence-corrected chi connectivity index (χ3v) is 8.94. The summed E-state index contributed by atoms with van der Waals surface area (Å²) >= 11 is 0. The number of rotatable bonds is 6. The first kappa shape index (κ1) is 21.3. The number of amides is 1. The van der Waals surface area contributed by atoms with Crippen LogP contribution in [0.3, 0.4) is 0 Å². The van der Waals surface area contributed by atoms with Crippen molar-refractivity contribution in [1.82, 2.24) is 5.32 Å². The van der Waals surface area contributed by atoms with Crippen LogP contribution in [0.5, 0.6) is 5.75 Å². The average Bonchev–Trinajstić information content (AvgIpc) is 3.07. The first-order valence-electron chi connectivity index (χ1n) is 8.78. The largest absolute Gasteiger partial charge is 0.496 e. The molecule has 0 bridgehead atoms. The predicted molar refractivity (Wildman–Crippen MR) is 105 cm³/mol. The third kappa shape index (κ3) is 4.59. The summed E-state index contributed by atoms with van der Waals surface area (Å²) in [6.45, 7) is 0.0557. The average molecular weight is 442 g/mol. The summed E-state index contributed by atoms with van der Waals surface area (Å²) in [6.07, 6.45) is -0.0165. The van der Waals surface area contributed by atoms with E-state index in [9.17, 15) is 26.0 Å². The number of halogens is 1. The summed E-state index contributed by atoms with van der Waals surface area (Å²) in [6, 6.07) is 9.87. The molecule has 7 nitrogen and oxygen atoms in total. The molecule has 1 aliphatic rings. The lowest BCUT2D eigenvalue weighted by molar-refractivity contribution is 0.0946. The van der Waals surface area contributed by atoms with Crippen molar-refractivity contribution >= 4 is 25.6 Å². The van der Waals surface area contributed by atoms with E-state index in [1.54, 1.807) is 24.3 Å². The van der Waals surface area contributed by atoms with Crippen LogP contribution in [0.4, 0.5) is 4.39 Å². The molecule has 2 aromatic carbocycles. The van der Waals surface area contributed by atoms with Crippen LogP contribution in [0.2, 0.25) is 0 Å². The Labute approximate surface area is 168 Å². The molecule has 3 rings (SSSR count). The molecule has 1 saturated heterocycles.